The van der Waals surface area contributed by atoms with E-state index in [4.69, 9.17) is 0 Å². The van der Waals surface area contributed by atoms with Crippen LogP contribution in [-0.4, -0.2) is 17.6 Å². The van der Waals surface area contributed by atoms with Crippen molar-refractivity contribution in [2.24, 2.45) is 0 Å². The summed E-state index contributed by atoms with van der Waals surface area (Å²) in [5.74, 6) is 0. The summed E-state index contributed by atoms with van der Waals surface area (Å²) in [4.78, 5) is 0. The summed E-state index contributed by atoms with van der Waals surface area (Å²) < 4.78 is 0. The molecule has 350 valence electrons. The summed E-state index contributed by atoms with van der Waals surface area (Å²) in [5.41, 5.74) is 16.2. The van der Waals surface area contributed by atoms with Gasteiger partial charge >= 0.3 is 0 Å². The molecular formula is C66H54Cl2HfSi2-6. The molecule has 0 nitrogen and oxygen atoms in total. The van der Waals surface area contributed by atoms with Crippen LogP contribution in [0.15, 0.2) is 218 Å². The molecule has 0 saturated heterocycles. The van der Waals surface area contributed by atoms with Gasteiger partial charge in [0, 0.05) is 43.4 Å². The Kier molecular flexibility index (Phi) is 15.8. The SMILES string of the molecule is Cc1cc2c(-c3ccccc3)cccc2[c-]1[Si](C)[c-]1c(C)cc2c(-c3ccccc3)cccc21.Cc1cc2c(-c3ccccc3)cccc2[c-]1[Si](C)[c-]1c(C)cc2c(-c3ccccc3)cccc21.[Cl-].[Cl-].[Hf]. The van der Waals surface area contributed by atoms with Crippen LogP contribution in [0.5, 0.6) is 0 Å². The van der Waals surface area contributed by atoms with Gasteiger partial charge in [-0.2, -0.15) is 24.3 Å². The van der Waals surface area contributed by atoms with E-state index in [9.17, 15) is 0 Å². The molecule has 0 saturated carbocycles. The molecule has 0 fully saturated rings. The molecule has 0 atom stereocenters. The number of aryl methyl sites for hydroxylation is 4. The number of benzene rings is 8. The number of rotatable bonds is 8. The standard InChI is InChI=1S/2C33H27Si.2ClH.Hf/c2*1-22-20-30-26(24-12-6-4-7-13-24)16-10-18-28(30)32(22)34(3)33-23(2)21-31-27(17-11-19-29(31)33)25-14-8-5-9-15-25;;;/h2*4-21H,1-3H3;2*1H;/q2*-2;;;/p-2. The second-order valence-corrected chi connectivity index (χ2v) is 23.1. The van der Waals surface area contributed by atoms with Crippen LogP contribution in [0, 0.1) is 27.7 Å². The Labute approximate surface area is 454 Å². The summed E-state index contributed by atoms with van der Waals surface area (Å²) in [6.07, 6.45) is 0. The van der Waals surface area contributed by atoms with Gasteiger partial charge in [-0.25, -0.2) is 0 Å². The molecule has 12 aromatic carbocycles. The van der Waals surface area contributed by atoms with Crippen LogP contribution in [0.25, 0.3) is 87.6 Å². The maximum atomic E-state index is 2.48. The van der Waals surface area contributed by atoms with E-state index >= 15 is 0 Å². The van der Waals surface area contributed by atoms with Gasteiger partial charge in [-0.15, -0.1) is 135 Å². The van der Waals surface area contributed by atoms with Crippen LogP contribution in [-0.2, 0) is 25.8 Å². The smallest absolute Gasteiger partial charge is 0.00958 e. The first-order valence-corrected chi connectivity index (χ1v) is 27.9. The minimum Gasteiger partial charge on any atom is -1.00 e. The van der Waals surface area contributed by atoms with Crippen molar-refractivity contribution in [1.82, 2.24) is 0 Å². The van der Waals surface area contributed by atoms with Gasteiger partial charge in [0.1, 0.15) is 0 Å². The summed E-state index contributed by atoms with van der Waals surface area (Å²) >= 11 is 0. The molecule has 12 rings (SSSR count). The van der Waals surface area contributed by atoms with E-state index in [1.165, 1.54) is 110 Å². The van der Waals surface area contributed by atoms with E-state index in [2.05, 4.69) is 259 Å². The Balaban J connectivity index is 0.000000183. The molecule has 5 heteroatoms. The van der Waals surface area contributed by atoms with E-state index in [-0.39, 0.29) is 50.7 Å². The number of halogens is 2. The fourth-order valence-electron chi connectivity index (χ4n) is 11.5. The molecule has 0 N–H and O–H groups in total. The molecule has 0 aliphatic carbocycles. The molecule has 12 aromatic rings. The zero-order valence-corrected chi connectivity index (χ0v) is 48.1. The topological polar surface area (TPSA) is 0 Å². The average Bonchev–Trinajstić information content (AvgIpc) is 4.12. The predicted molar refractivity (Wildman–Crippen MR) is 301 cm³/mol. The summed E-state index contributed by atoms with van der Waals surface area (Å²) in [6.45, 7) is 14.2. The van der Waals surface area contributed by atoms with Crippen LogP contribution in [0.3, 0.4) is 0 Å². The number of hydrogen-bond acceptors (Lipinski definition) is 0. The third kappa shape index (κ3) is 9.40. The van der Waals surface area contributed by atoms with Crippen LogP contribution in [0.2, 0.25) is 13.1 Å². The second-order valence-electron chi connectivity index (χ2n) is 18.6. The Bertz CT molecular complexity index is 3250. The quantitative estimate of drug-likeness (QED) is 0.105. The maximum Gasteiger partial charge on any atom is 0.00958 e. The monoisotopic (exact) mass is 1150 g/mol. The van der Waals surface area contributed by atoms with Crippen molar-refractivity contribution < 1.29 is 50.7 Å². The zero-order chi connectivity index (χ0) is 46.5. The van der Waals surface area contributed by atoms with E-state index in [1.54, 1.807) is 20.7 Å². The molecule has 71 heavy (non-hydrogen) atoms. The Hall–Kier alpha value is -5.92. The minimum atomic E-state index is -0.965. The van der Waals surface area contributed by atoms with Gasteiger partial charge in [-0.3, -0.25) is 0 Å². The van der Waals surface area contributed by atoms with Gasteiger partial charge < -0.3 is 24.8 Å². The first-order valence-electron chi connectivity index (χ1n) is 23.9. The average molecular weight is 1150 g/mol. The Morgan fingerprint density at radius 2 is 0.465 bits per heavy atom. The number of hydrogen-bond donors (Lipinski definition) is 0. The molecule has 0 aliphatic heterocycles. The van der Waals surface area contributed by atoms with E-state index in [0.29, 0.717) is 0 Å². The van der Waals surface area contributed by atoms with E-state index in [0.717, 1.165) is 0 Å². The second kappa shape index (κ2) is 21.8. The molecule has 0 spiro atoms. The van der Waals surface area contributed by atoms with Crippen LogP contribution < -0.4 is 45.6 Å². The van der Waals surface area contributed by atoms with Crippen molar-refractivity contribution in [2.75, 3.05) is 0 Å². The van der Waals surface area contributed by atoms with Gasteiger partial charge in [0.05, 0.1) is 0 Å². The molecule has 2 radical (unpaired) electrons. The summed E-state index contributed by atoms with van der Waals surface area (Å²) in [7, 11) is -1.93. The van der Waals surface area contributed by atoms with E-state index in [1.807, 2.05) is 0 Å². The van der Waals surface area contributed by atoms with Gasteiger partial charge in [-0.05, 0) is 22.3 Å². The van der Waals surface area contributed by atoms with Crippen molar-refractivity contribution in [3.05, 3.63) is 241 Å². The first kappa shape index (κ1) is 51.4. The molecule has 0 unspecified atom stereocenters. The maximum absolute atomic E-state index is 2.48. The largest absolute Gasteiger partial charge is 1.00 e. The summed E-state index contributed by atoms with van der Waals surface area (Å²) in [6, 6.07) is 80.0. The van der Waals surface area contributed by atoms with Gasteiger partial charge in [0.25, 0.3) is 0 Å². The molecule has 0 heterocycles. The molecular weight excluding hydrogens is 1100 g/mol. The van der Waals surface area contributed by atoms with Gasteiger partial charge in [0.15, 0.2) is 0 Å². The first-order chi connectivity index (χ1) is 33.3. The normalized spacial score (nSPS) is 11.2. The Morgan fingerprint density at radius 3 is 0.662 bits per heavy atom. The van der Waals surface area contributed by atoms with Crippen molar-refractivity contribution >= 4 is 81.4 Å². The van der Waals surface area contributed by atoms with Gasteiger partial charge in [0.2, 0.25) is 0 Å². The van der Waals surface area contributed by atoms with Crippen LogP contribution in [0.4, 0.5) is 0 Å². The van der Waals surface area contributed by atoms with Crippen molar-refractivity contribution in [1.29, 1.82) is 0 Å². The molecule has 0 aromatic heterocycles. The molecule has 0 aliphatic rings. The van der Waals surface area contributed by atoms with Crippen molar-refractivity contribution in [3.63, 3.8) is 0 Å². The molecule has 0 amide bonds. The third-order valence-corrected chi connectivity index (χ3v) is 20.0. The Morgan fingerprint density at radius 1 is 0.268 bits per heavy atom. The summed E-state index contributed by atoms with van der Waals surface area (Å²) in [5, 5.41) is 17.4. The van der Waals surface area contributed by atoms with Crippen molar-refractivity contribution in [2.45, 2.75) is 40.8 Å². The van der Waals surface area contributed by atoms with Crippen LogP contribution >= 0.6 is 0 Å². The third-order valence-electron chi connectivity index (χ3n) is 14.4. The fourth-order valence-corrected chi connectivity index (χ4v) is 17.1. The zero-order valence-electron chi connectivity index (χ0n) is 41.0. The fraction of sp³-hybridized carbons (Fsp3) is 0.0909. The van der Waals surface area contributed by atoms with Crippen LogP contribution in [0.1, 0.15) is 22.3 Å². The minimum absolute atomic E-state index is 0. The van der Waals surface area contributed by atoms with Crippen molar-refractivity contribution in [3.8, 4) is 44.5 Å². The number of fused-ring (bicyclic) bond motifs is 4. The molecule has 0 bridgehead atoms. The van der Waals surface area contributed by atoms with Gasteiger partial charge in [-0.1, -0.05) is 209 Å². The predicted octanol–water partition coefficient (Wildman–Crippen LogP) is 9.25. The van der Waals surface area contributed by atoms with E-state index < -0.39 is 17.6 Å².